The molecule has 0 saturated carbocycles. The summed E-state index contributed by atoms with van der Waals surface area (Å²) in [4.78, 5) is 0. The Labute approximate surface area is 100 Å². The molecule has 4 nitrogen and oxygen atoms in total. The van der Waals surface area contributed by atoms with Crippen molar-refractivity contribution in [1.82, 2.24) is 0 Å². The maximum atomic E-state index is 11.2. The minimum Gasteiger partial charge on any atom is -0.305 e. The average molecular weight is 261 g/mol. The SMILES string of the molecule is CC(=N)c1c(Cl)cc(C)cc1NS(C)(=O)=O. The summed E-state index contributed by atoms with van der Waals surface area (Å²) < 4.78 is 24.7. The summed E-state index contributed by atoms with van der Waals surface area (Å²) in [5.74, 6) is 0. The van der Waals surface area contributed by atoms with Gasteiger partial charge in [-0.3, -0.25) is 4.72 Å². The highest BCUT2D eigenvalue weighted by atomic mass is 35.5. The minimum absolute atomic E-state index is 0.219. The second-order valence-corrected chi connectivity index (χ2v) is 5.82. The summed E-state index contributed by atoms with van der Waals surface area (Å²) in [5.41, 5.74) is 1.81. The molecule has 0 heterocycles. The van der Waals surface area contributed by atoms with Crippen LogP contribution in [0.5, 0.6) is 0 Å². The molecule has 0 atom stereocenters. The standard InChI is InChI=1S/C10H13ClN2O2S/c1-6-4-8(11)10(7(2)12)9(5-6)13-16(3,14)15/h4-5,12-13H,1-3H3. The van der Waals surface area contributed by atoms with E-state index >= 15 is 0 Å². The van der Waals surface area contributed by atoms with E-state index in [1.807, 2.05) is 6.92 Å². The Bertz CT molecular complexity index is 538. The molecule has 88 valence electrons. The van der Waals surface area contributed by atoms with Gasteiger partial charge in [0, 0.05) is 11.3 Å². The Morgan fingerprint density at radius 2 is 2.00 bits per heavy atom. The van der Waals surface area contributed by atoms with Crippen LogP contribution < -0.4 is 4.72 Å². The molecule has 0 aliphatic carbocycles. The molecular weight excluding hydrogens is 248 g/mol. The highest BCUT2D eigenvalue weighted by Crippen LogP contribution is 2.27. The fourth-order valence-corrected chi connectivity index (χ4v) is 2.38. The smallest absolute Gasteiger partial charge is 0.229 e. The molecule has 0 unspecified atom stereocenters. The van der Waals surface area contributed by atoms with E-state index in [2.05, 4.69) is 4.72 Å². The van der Waals surface area contributed by atoms with Gasteiger partial charge >= 0.3 is 0 Å². The summed E-state index contributed by atoms with van der Waals surface area (Å²) in [5, 5.41) is 7.95. The third-order valence-electron chi connectivity index (χ3n) is 1.90. The van der Waals surface area contributed by atoms with Gasteiger partial charge in [-0.25, -0.2) is 8.42 Å². The van der Waals surface area contributed by atoms with Crippen LogP contribution in [0.2, 0.25) is 5.02 Å². The number of hydrogen-bond donors (Lipinski definition) is 2. The predicted molar refractivity (Wildman–Crippen MR) is 67.2 cm³/mol. The Hall–Kier alpha value is -1.07. The van der Waals surface area contributed by atoms with Crippen molar-refractivity contribution in [1.29, 1.82) is 5.41 Å². The van der Waals surface area contributed by atoms with E-state index in [0.717, 1.165) is 11.8 Å². The first-order valence-corrected chi connectivity index (χ1v) is 6.81. The Morgan fingerprint density at radius 3 is 2.44 bits per heavy atom. The van der Waals surface area contributed by atoms with E-state index in [-0.39, 0.29) is 5.71 Å². The van der Waals surface area contributed by atoms with Crippen LogP contribution >= 0.6 is 11.6 Å². The van der Waals surface area contributed by atoms with Crippen molar-refractivity contribution in [3.05, 3.63) is 28.3 Å². The van der Waals surface area contributed by atoms with Crippen LogP contribution in [0.15, 0.2) is 12.1 Å². The van der Waals surface area contributed by atoms with Crippen LogP contribution in [0.25, 0.3) is 0 Å². The van der Waals surface area contributed by atoms with Crippen LogP contribution in [0, 0.1) is 12.3 Å². The number of rotatable bonds is 3. The lowest BCUT2D eigenvalue weighted by atomic mass is 10.1. The van der Waals surface area contributed by atoms with Crippen LogP contribution in [0.3, 0.4) is 0 Å². The van der Waals surface area contributed by atoms with E-state index in [1.54, 1.807) is 19.1 Å². The Morgan fingerprint density at radius 1 is 1.44 bits per heavy atom. The van der Waals surface area contributed by atoms with E-state index in [9.17, 15) is 8.42 Å². The molecule has 0 saturated heterocycles. The molecule has 0 aliphatic rings. The van der Waals surface area contributed by atoms with Gasteiger partial charge in [0.25, 0.3) is 0 Å². The molecule has 0 bridgehead atoms. The van der Waals surface area contributed by atoms with Gasteiger partial charge in [-0.2, -0.15) is 0 Å². The average Bonchev–Trinajstić information content (AvgIpc) is 1.96. The molecular formula is C10H13ClN2O2S. The van der Waals surface area contributed by atoms with Gasteiger partial charge in [-0.1, -0.05) is 11.6 Å². The maximum absolute atomic E-state index is 11.2. The van der Waals surface area contributed by atoms with Crippen LogP contribution in [-0.4, -0.2) is 20.4 Å². The third-order valence-corrected chi connectivity index (χ3v) is 2.79. The Balaban J connectivity index is 3.41. The van der Waals surface area contributed by atoms with Gasteiger partial charge in [0.1, 0.15) is 0 Å². The molecule has 0 radical (unpaired) electrons. The number of nitrogens with one attached hydrogen (secondary N) is 2. The predicted octanol–water partition coefficient (Wildman–Crippen LogP) is 2.41. The summed E-state index contributed by atoms with van der Waals surface area (Å²) in [6.07, 6.45) is 1.06. The highest BCUT2D eigenvalue weighted by molar-refractivity contribution is 7.92. The fourth-order valence-electron chi connectivity index (χ4n) is 1.40. The van der Waals surface area contributed by atoms with Crippen LogP contribution in [0.4, 0.5) is 5.69 Å². The third kappa shape index (κ3) is 3.21. The van der Waals surface area contributed by atoms with E-state index in [1.165, 1.54) is 0 Å². The second kappa shape index (κ2) is 4.43. The van der Waals surface area contributed by atoms with Gasteiger partial charge in [0.2, 0.25) is 10.0 Å². The number of benzene rings is 1. The Kier molecular flexibility index (Phi) is 3.60. The summed E-state index contributed by atoms with van der Waals surface area (Å²) in [7, 11) is -3.37. The molecule has 16 heavy (non-hydrogen) atoms. The van der Waals surface area contributed by atoms with Crippen molar-refractivity contribution < 1.29 is 8.42 Å². The van der Waals surface area contributed by atoms with Crippen molar-refractivity contribution >= 4 is 33.0 Å². The first-order valence-electron chi connectivity index (χ1n) is 4.54. The normalized spacial score (nSPS) is 11.2. The van der Waals surface area contributed by atoms with Gasteiger partial charge in [0.15, 0.2) is 0 Å². The number of sulfonamides is 1. The van der Waals surface area contributed by atoms with Crippen molar-refractivity contribution in [3.63, 3.8) is 0 Å². The zero-order chi connectivity index (χ0) is 12.5. The molecule has 1 rings (SSSR count). The number of anilines is 1. The highest BCUT2D eigenvalue weighted by Gasteiger charge is 2.13. The zero-order valence-electron chi connectivity index (χ0n) is 9.26. The lowest BCUT2D eigenvalue weighted by Gasteiger charge is -2.12. The van der Waals surface area contributed by atoms with Gasteiger partial charge in [-0.15, -0.1) is 0 Å². The van der Waals surface area contributed by atoms with Crippen molar-refractivity contribution in [2.24, 2.45) is 0 Å². The summed E-state index contributed by atoms with van der Waals surface area (Å²) >= 11 is 5.98. The summed E-state index contributed by atoms with van der Waals surface area (Å²) in [6.45, 7) is 3.37. The molecule has 6 heteroatoms. The van der Waals surface area contributed by atoms with E-state index in [0.29, 0.717) is 16.3 Å². The fraction of sp³-hybridized carbons (Fsp3) is 0.300. The second-order valence-electron chi connectivity index (χ2n) is 3.67. The first kappa shape index (κ1) is 13.0. The molecule has 0 aliphatic heterocycles. The molecule has 0 amide bonds. The number of aryl methyl sites for hydroxylation is 1. The molecule has 0 spiro atoms. The number of hydrogen-bond acceptors (Lipinski definition) is 3. The molecule has 1 aromatic carbocycles. The first-order chi connectivity index (χ1) is 7.20. The molecule has 2 N–H and O–H groups in total. The number of halogens is 1. The van der Waals surface area contributed by atoms with E-state index in [4.69, 9.17) is 17.0 Å². The van der Waals surface area contributed by atoms with Gasteiger partial charge < -0.3 is 5.41 Å². The maximum Gasteiger partial charge on any atom is 0.229 e. The lowest BCUT2D eigenvalue weighted by molar-refractivity contribution is 0.607. The molecule has 0 fully saturated rings. The molecule has 0 aromatic heterocycles. The monoisotopic (exact) mass is 260 g/mol. The minimum atomic E-state index is -3.37. The lowest BCUT2D eigenvalue weighted by Crippen LogP contribution is -2.13. The quantitative estimate of drug-likeness (QED) is 0.820. The zero-order valence-corrected chi connectivity index (χ0v) is 10.8. The van der Waals surface area contributed by atoms with Crippen LogP contribution in [0.1, 0.15) is 18.1 Å². The van der Waals surface area contributed by atoms with Crippen molar-refractivity contribution in [2.45, 2.75) is 13.8 Å². The van der Waals surface area contributed by atoms with Crippen molar-refractivity contribution in [2.75, 3.05) is 11.0 Å². The van der Waals surface area contributed by atoms with Gasteiger partial charge in [-0.05, 0) is 31.5 Å². The summed E-state index contributed by atoms with van der Waals surface area (Å²) in [6, 6.07) is 3.35. The largest absolute Gasteiger partial charge is 0.305 e. The van der Waals surface area contributed by atoms with Crippen LogP contribution in [-0.2, 0) is 10.0 Å². The van der Waals surface area contributed by atoms with E-state index < -0.39 is 10.0 Å². The van der Waals surface area contributed by atoms with Crippen molar-refractivity contribution in [3.8, 4) is 0 Å². The topological polar surface area (TPSA) is 70.0 Å². The molecule has 1 aromatic rings. The van der Waals surface area contributed by atoms with Gasteiger partial charge in [0.05, 0.1) is 17.0 Å².